The Morgan fingerprint density at radius 1 is 0.608 bits per heavy atom. The van der Waals surface area contributed by atoms with Crippen LogP contribution in [0.2, 0.25) is 0 Å². The molecule has 8 heteroatoms. The predicted octanol–water partition coefficient (Wildman–Crippen LogP) is 10.7. The lowest BCUT2D eigenvalue weighted by Gasteiger charge is -2.31. The molecule has 296 valence electrons. The second-order valence-electron chi connectivity index (χ2n) is 14.9. The third-order valence-electron chi connectivity index (χ3n) is 9.12. The topological polar surface area (TPSA) is 99.1 Å². The molecule has 0 radical (unpaired) electrons. The van der Waals surface area contributed by atoms with Gasteiger partial charge >= 0.3 is 17.9 Å². The van der Waals surface area contributed by atoms with Gasteiger partial charge in [-0.3, -0.25) is 9.59 Å². The summed E-state index contributed by atoms with van der Waals surface area (Å²) < 4.78 is 17.2. The second-order valence-corrected chi connectivity index (χ2v) is 14.9. The van der Waals surface area contributed by atoms with Gasteiger partial charge in [-0.25, -0.2) is 4.79 Å². The van der Waals surface area contributed by atoms with Crippen LogP contribution in [0.15, 0.2) is 36.5 Å². The van der Waals surface area contributed by atoms with Crippen LogP contribution in [0.4, 0.5) is 0 Å². The highest BCUT2D eigenvalue weighted by atomic mass is 16.6. The molecule has 0 aromatic rings. The molecule has 0 aliphatic rings. The van der Waals surface area contributed by atoms with Crippen LogP contribution in [0.3, 0.4) is 0 Å². The molecule has 0 amide bonds. The lowest BCUT2D eigenvalue weighted by atomic mass is 10.0. The van der Waals surface area contributed by atoms with Crippen LogP contribution >= 0.6 is 0 Å². The zero-order valence-corrected chi connectivity index (χ0v) is 33.6. The Balaban J connectivity index is 4.40. The van der Waals surface area contributed by atoms with Gasteiger partial charge in [0.1, 0.15) is 6.61 Å². The van der Waals surface area contributed by atoms with E-state index >= 15 is 0 Å². The summed E-state index contributed by atoms with van der Waals surface area (Å²) in [5.41, 5.74) is 0. The maximum absolute atomic E-state index is 12.7. The largest absolute Gasteiger partial charge is 0.477 e. The minimum atomic E-state index is -0.879. The highest BCUT2D eigenvalue weighted by molar-refractivity contribution is 5.72. The van der Waals surface area contributed by atoms with Gasteiger partial charge in [0, 0.05) is 19.3 Å². The van der Waals surface area contributed by atoms with Crippen LogP contribution in [0.1, 0.15) is 168 Å². The molecule has 51 heavy (non-hydrogen) atoms. The molecular formula is C43H78NO7+. The first-order valence-corrected chi connectivity index (χ1v) is 20.6. The number of carbonyl (C=O) groups excluding carboxylic acids is 2. The van der Waals surface area contributed by atoms with Gasteiger partial charge in [-0.15, -0.1) is 0 Å². The SMILES string of the molecule is CC/C=C/C=C/C=C/CCCCCCCC(=O)OC(COCCC(C(=O)O)[N+](C)(C)C)COC(=O)CCCCCCCCCCCCCCCC. The third-order valence-corrected chi connectivity index (χ3v) is 9.12. The number of carboxylic acids is 1. The first kappa shape index (κ1) is 48.5. The molecule has 0 aliphatic carbocycles. The van der Waals surface area contributed by atoms with Gasteiger partial charge < -0.3 is 23.8 Å². The lowest BCUT2D eigenvalue weighted by Crippen LogP contribution is -2.50. The maximum Gasteiger partial charge on any atom is 0.362 e. The molecule has 0 saturated carbocycles. The number of hydrogen-bond donors (Lipinski definition) is 1. The smallest absolute Gasteiger partial charge is 0.362 e. The van der Waals surface area contributed by atoms with Crippen molar-refractivity contribution in [1.29, 1.82) is 0 Å². The number of hydrogen-bond acceptors (Lipinski definition) is 6. The number of rotatable bonds is 36. The Bertz CT molecular complexity index is 937. The Morgan fingerprint density at radius 3 is 1.61 bits per heavy atom. The normalized spacial score (nSPS) is 13.4. The minimum absolute atomic E-state index is 0.0545. The number of nitrogens with zero attached hydrogens (tertiary/aromatic N) is 1. The van der Waals surface area contributed by atoms with Gasteiger partial charge in [-0.2, -0.15) is 0 Å². The van der Waals surface area contributed by atoms with Crippen molar-refractivity contribution < 1.29 is 38.2 Å². The van der Waals surface area contributed by atoms with E-state index in [0.29, 0.717) is 19.3 Å². The molecule has 8 nitrogen and oxygen atoms in total. The third kappa shape index (κ3) is 33.2. The van der Waals surface area contributed by atoms with E-state index in [0.717, 1.165) is 64.2 Å². The number of ether oxygens (including phenoxy) is 3. The summed E-state index contributed by atoms with van der Waals surface area (Å²) in [5.74, 6) is -1.49. The number of unbranched alkanes of at least 4 members (excludes halogenated alkanes) is 18. The van der Waals surface area contributed by atoms with E-state index < -0.39 is 18.1 Å². The monoisotopic (exact) mass is 721 g/mol. The van der Waals surface area contributed by atoms with Gasteiger partial charge in [-0.1, -0.05) is 153 Å². The van der Waals surface area contributed by atoms with E-state index in [1.165, 1.54) is 70.6 Å². The van der Waals surface area contributed by atoms with Crippen LogP contribution in [0.25, 0.3) is 0 Å². The van der Waals surface area contributed by atoms with Crippen molar-refractivity contribution in [3.63, 3.8) is 0 Å². The van der Waals surface area contributed by atoms with Crippen molar-refractivity contribution in [3.8, 4) is 0 Å². The zero-order valence-electron chi connectivity index (χ0n) is 33.6. The van der Waals surface area contributed by atoms with Crippen molar-refractivity contribution in [3.05, 3.63) is 36.5 Å². The fourth-order valence-corrected chi connectivity index (χ4v) is 5.91. The Kier molecular flexibility index (Phi) is 33.0. The van der Waals surface area contributed by atoms with Crippen molar-refractivity contribution in [2.45, 2.75) is 180 Å². The first-order chi connectivity index (χ1) is 24.6. The summed E-state index contributed by atoms with van der Waals surface area (Å²) in [5, 5.41) is 9.59. The van der Waals surface area contributed by atoms with E-state index in [1.807, 2.05) is 27.2 Å². The standard InChI is InChI=1S/C43H77NO7/c1-6-8-10-12-14-16-18-20-22-23-25-27-29-31-33-41(45)50-38-39(37-49-36-35-40(43(47)48)44(3,4)5)51-42(46)34-32-30-28-26-24-21-19-17-15-13-11-9-7-2/h9,11,13,15,17,19,39-40H,6-8,10,12,14,16,18,20-38H2,1-5H3/p+1/b11-9+,15-13+,19-17+. The summed E-state index contributed by atoms with van der Waals surface area (Å²) >= 11 is 0. The molecule has 0 rings (SSSR count). The number of aliphatic carboxylic acids is 1. The molecule has 0 aromatic heterocycles. The summed E-state index contributed by atoms with van der Waals surface area (Å²) in [6.45, 7) is 4.58. The summed E-state index contributed by atoms with van der Waals surface area (Å²) in [4.78, 5) is 36.8. The van der Waals surface area contributed by atoms with Crippen LogP contribution < -0.4 is 0 Å². The van der Waals surface area contributed by atoms with Crippen molar-refractivity contribution >= 4 is 17.9 Å². The Labute approximate surface area is 313 Å². The van der Waals surface area contributed by atoms with Gasteiger partial charge in [0.05, 0.1) is 34.4 Å². The fraction of sp³-hybridized carbons (Fsp3) is 0.791. The fourth-order valence-electron chi connectivity index (χ4n) is 5.91. The predicted molar refractivity (Wildman–Crippen MR) is 211 cm³/mol. The van der Waals surface area contributed by atoms with Crippen molar-refractivity contribution in [1.82, 2.24) is 0 Å². The molecule has 0 bridgehead atoms. The molecule has 1 N–H and O–H groups in total. The molecule has 2 atom stereocenters. The summed E-state index contributed by atoms with van der Waals surface area (Å²) in [7, 11) is 5.51. The van der Waals surface area contributed by atoms with Gasteiger partial charge in [-0.05, 0) is 32.1 Å². The number of likely N-dealkylation sites (N-methyl/N-ethyl adjacent to an activating group) is 1. The van der Waals surface area contributed by atoms with E-state index in [2.05, 4.69) is 44.2 Å². The highest BCUT2D eigenvalue weighted by Crippen LogP contribution is 2.15. The van der Waals surface area contributed by atoms with E-state index in [4.69, 9.17) is 14.2 Å². The maximum atomic E-state index is 12.7. The molecular weight excluding hydrogens is 642 g/mol. The van der Waals surface area contributed by atoms with Crippen LogP contribution in [-0.2, 0) is 28.6 Å². The first-order valence-electron chi connectivity index (χ1n) is 20.6. The van der Waals surface area contributed by atoms with Crippen molar-refractivity contribution in [2.24, 2.45) is 0 Å². The average Bonchev–Trinajstić information content (AvgIpc) is 3.08. The quantitative estimate of drug-likeness (QED) is 0.0298. The molecule has 0 aromatic carbocycles. The highest BCUT2D eigenvalue weighted by Gasteiger charge is 2.31. The summed E-state index contributed by atoms with van der Waals surface area (Å²) in [6.07, 6.45) is 37.5. The molecule has 0 spiro atoms. The Morgan fingerprint density at radius 2 is 1.10 bits per heavy atom. The molecule has 2 unspecified atom stereocenters. The molecule has 0 fully saturated rings. The van der Waals surface area contributed by atoms with Crippen LogP contribution in [-0.4, -0.2) is 80.6 Å². The van der Waals surface area contributed by atoms with E-state index in [9.17, 15) is 19.5 Å². The van der Waals surface area contributed by atoms with Gasteiger partial charge in [0.25, 0.3) is 0 Å². The average molecular weight is 721 g/mol. The zero-order chi connectivity index (χ0) is 37.8. The molecule has 0 heterocycles. The van der Waals surface area contributed by atoms with E-state index in [-0.39, 0.29) is 36.2 Å². The van der Waals surface area contributed by atoms with Crippen LogP contribution in [0.5, 0.6) is 0 Å². The minimum Gasteiger partial charge on any atom is -0.477 e. The lowest BCUT2D eigenvalue weighted by molar-refractivity contribution is -0.887. The number of allylic oxidation sites excluding steroid dienone is 6. The number of carboxylic acid groups (broad SMARTS) is 1. The Hall–Kier alpha value is -2.45. The molecule has 0 saturated heterocycles. The van der Waals surface area contributed by atoms with Gasteiger partial charge in [0.2, 0.25) is 0 Å². The van der Waals surface area contributed by atoms with Gasteiger partial charge in [0.15, 0.2) is 12.1 Å². The number of carbonyl (C=O) groups is 3. The number of esters is 2. The summed E-state index contributed by atoms with van der Waals surface area (Å²) in [6, 6.07) is -0.616. The van der Waals surface area contributed by atoms with E-state index in [1.54, 1.807) is 0 Å². The molecule has 0 aliphatic heterocycles. The van der Waals surface area contributed by atoms with Crippen LogP contribution in [0, 0.1) is 0 Å². The number of quaternary nitrogens is 1. The van der Waals surface area contributed by atoms with Crippen molar-refractivity contribution in [2.75, 3.05) is 41.0 Å². The second kappa shape index (κ2) is 34.6.